The van der Waals surface area contributed by atoms with Crippen LogP contribution in [0.3, 0.4) is 0 Å². The summed E-state index contributed by atoms with van der Waals surface area (Å²) in [6.07, 6.45) is 6.82. The zero-order chi connectivity index (χ0) is 14.5. The number of hydrogen-bond acceptors (Lipinski definition) is 2. The van der Waals surface area contributed by atoms with Gasteiger partial charge in [-0.25, -0.2) is 0 Å². The van der Waals surface area contributed by atoms with Crippen LogP contribution in [0.25, 0.3) is 0 Å². The maximum atomic E-state index is 11.8. The Balaban J connectivity index is 1.67. The first-order valence-electron chi connectivity index (χ1n) is 7.83. The maximum absolute atomic E-state index is 11.8. The van der Waals surface area contributed by atoms with Gasteiger partial charge in [0.1, 0.15) is 0 Å². The molecule has 1 saturated carbocycles. The van der Waals surface area contributed by atoms with Gasteiger partial charge in [0.15, 0.2) is 0 Å². The lowest BCUT2D eigenvalue weighted by atomic mass is 10.1. The van der Waals surface area contributed by atoms with Crippen molar-refractivity contribution in [3.8, 4) is 0 Å². The van der Waals surface area contributed by atoms with Crippen LogP contribution in [0.15, 0.2) is 47.3 Å². The summed E-state index contributed by atoms with van der Waals surface area (Å²) >= 11 is 0. The zero-order valence-corrected chi connectivity index (χ0v) is 12.3. The molecule has 3 nitrogen and oxygen atoms in total. The molecule has 2 aromatic rings. The molecule has 2 N–H and O–H groups in total. The highest BCUT2D eigenvalue weighted by atomic mass is 16.1. The molecule has 110 valence electrons. The van der Waals surface area contributed by atoms with Crippen molar-refractivity contribution in [2.45, 2.75) is 44.6 Å². The zero-order valence-electron chi connectivity index (χ0n) is 12.3. The fraction of sp³-hybridized carbons (Fsp3) is 0.389. The molecule has 1 aromatic heterocycles. The highest BCUT2D eigenvalue weighted by Crippen LogP contribution is 2.22. The molecule has 0 aliphatic heterocycles. The molecular formula is C18H22N2O. The summed E-state index contributed by atoms with van der Waals surface area (Å²) in [5, 5.41) is 3.50. The van der Waals surface area contributed by atoms with E-state index in [4.69, 9.17) is 0 Å². The third-order valence-electron chi connectivity index (χ3n) is 4.15. The average molecular weight is 282 g/mol. The lowest BCUT2D eigenvalue weighted by Crippen LogP contribution is -2.17. The minimum absolute atomic E-state index is 0.0129. The van der Waals surface area contributed by atoms with Crippen LogP contribution in [0.5, 0.6) is 0 Å². The van der Waals surface area contributed by atoms with Crippen molar-refractivity contribution < 1.29 is 0 Å². The van der Waals surface area contributed by atoms with Crippen LogP contribution in [-0.4, -0.2) is 11.0 Å². The smallest absolute Gasteiger partial charge is 0.250 e. The third kappa shape index (κ3) is 3.97. The SMILES string of the molecule is O=c1cc(NC2CCCC2)cc(CCc2ccccc2)[nH]1. The number of nitrogens with one attached hydrogen (secondary N) is 2. The van der Waals surface area contributed by atoms with Crippen LogP contribution in [0.2, 0.25) is 0 Å². The molecule has 1 aliphatic rings. The van der Waals surface area contributed by atoms with E-state index in [1.54, 1.807) is 6.07 Å². The summed E-state index contributed by atoms with van der Waals surface area (Å²) in [5.41, 5.74) is 3.26. The summed E-state index contributed by atoms with van der Waals surface area (Å²) in [5.74, 6) is 0. The highest BCUT2D eigenvalue weighted by molar-refractivity contribution is 5.44. The number of pyridine rings is 1. The van der Waals surface area contributed by atoms with E-state index in [2.05, 4.69) is 40.6 Å². The normalized spacial score (nSPS) is 15.2. The second-order valence-corrected chi connectivity index (χ2v) is 5.87. The number of aromatic nitrogens is 1. The molecule has 1 aliphatic carbocycles. The van der Waals surface area contributed by atoms with Crippen LogP contribution in [0.1, 0.15) is 36.9 Å². The van der Waals surface area contributed by atoms with Gasteiger partial charge in [0.2, 0.25) is 5.56 Å². The van der Waals surface area contributed by atoms with Crippen molar-refractivity contribution in [1.29, 1.82) is 0 Å². The Morgan fingerprint density at radius 2 is 1.81 bits per heavy atom. The van der Waals surface area contributed by atoms with Gasteiger partial charge >= 0.3 is 0 Å². The first kappa shape index (κ1) is 13.9. The number of aryl methyl sites for hydroxylation is 2. The number of H-pyrrole nitrogens is 1. The van der Waals surface area contributed by atoms with Crippen molar-refractivity contribution in [3.05, 3.63) is 64.1 Å². The second kappa shape index (κ2) is 6.61. The molecular weight excluding hydrogens is 260 g/mol. The Labute approximate surface area is 125 Å². The predicted octanol–water partition coefficient (Wildman–Crippen LogP) is 3.51. The van der Waals surface area contributed by atoms with E-state index in [1.807, 2.05) is 6.07 Å². The van der Waals surface area contributed by atoms with Crippen LogP contribution in [0.4, 0.5) is 5.69 Å². The van der Waals surface area contributed by atoms with Crippen LogP contribution in [0, 0.1) is 0 Å². The molecule has 0 radical (unpaired) electrons. The fourth-order valence-electron chi connectivity index (χ4n) is 3.05. The predicted molar refractivity (Wildman–Crippen MR) is 86.8 cm³/mol. The first-order chi connectivity index (χ1) is 10.3. The Morgan fingerprint density at radius 3 is 2.57 bits per heavy atom. The molecule has 0 spiro atoms. The van der Waals surface area contributed by atoms with Crippen molar-refractivity contribution >= 4 is 5.69 Å². The minimum atomic E-state index is -0.0129. The molecule has 21 heavy (non-hydrogen) atoms. The second-order valence-electron chi connectivity index (χ2n) is 5.87. The van der Waals surface area contributed by atoms with Gasteiger partial charge in [0.05, 0.1) is 0 Å². The van der Waals surface area contributed by atoms with E-state index in [-0.39, 0.29) is 5.56 Å². The average Bonchev–Trinajstić information content (AvgIpc) is 2.99. The molecule has 1 heterocycles. The van der Waals surface area contributed by atoms with Gasteiger partial charge in [-0.15, -0.1) is 0 Å². The van der Waals surface area contributed by atoms with Gasteiger partial charge in [-0.2, -0.15) is 0 Å². The first-order valence-corrected chi connectivity index (χ1v) is 7.83. The molecule has 1 aromatic carbocycles. The molecule has 1 fully saturated rings. The molecule has 0 saturated heterocycles. The van der Waals surface area contributed by atoms with E-state index >= 15 is 0 Å². The molecule has 0 atom stereocenters. The van der Waals surface area contributed by atoms with Crippen LogP contribution < -0.4 is 10.9 Å². The molecule has 0 bridgehead atoms. The Morgan fingerprint density at radius 1 is 1.05 bits per heavy atom. The number of rotatable bonds is 5. The van der Waals surface area contributed by atoms with Crippen LogP contribution in [-0.2, 0) is 12.8 Å². The quantitative estimate of drug-likeness (QED) is 0.881. The Hall–Kier alpha value is -2.03. The van der Waals surface area contributed by atoms with Gasteiger partial charge in [-0.05, 0) is 37.3 Å². The maximum Gasteiger partial charge on any atom is 0.250 e. The number of benzene rings is 1. The fourth-order valence-corrected chi connectivity index (χ4v) is 3.05. The van der Waals surface area contributed by atoms with E-state index in [0.29, 0.717) is 6.04 Å². The summed E-state index contributed by atoms with van der Waals surface area (Å²) < 4.78 is 0. The molecule has 0 amide bonds. The van der Waals surface area contributed by atoms with Crippen molar-refractivity contribution in [3.63, 3.8) is 0 Å². The monoisotopic (exact) mass is 282 g/mol. The Bertz CT molecular complexity index is 627. The molecule has 3 heteroatoms. The van der Waals surface area contributed by atoms with E-state index in [9.17, 15) is 4.79 Å². The summed E-state index contributed by atoms with van der Waals surface area (Å²) in [6.45, 7) is 0. The molecule has 3 rings (SSSR count). The van der Waals surface area contributed by atoms with Crippen molar-refractivity contribution in [1.82, 2.24) is 4.98 Å². The van der Waals surface area contributed by atoms with Gasteiger partial charge in [-0.3, -0.25) is 4.79 Å². The van der Waals surface area contributed by atoms with Gasteiger partial charge in [-0.1, -0.05) is 43.2 Å². The number of hydrogen-bond donors (Lipinski definition) is 2. The van der Waals surface area contributed by atoms with E-state index < -0.39 is 0 Å². The lowest BCUT2D eigenvalue weighted by molar-refractivity contribution is 0.754. The molecule has 0 unspecified atom stereocenters. The topological polar surface area (TPSA) is 44.9 Å². The number of anilines is 1. The van der Waals surface area contributed by atoms with Crippen molar-refractivity contribution in [2.24, 2.45) is 0 Å². The standard InChI is InChI=1S/C18H22N2O/c21-18-13-17(19-15-8-4-5-9-15)12-16(20-18)11-10-14-6-2-1-3-7-14/h1-3,6-7,12-13,15H,4-5,8-11H2,(H2,19,20,21). The van der Waals surface area contributed by atoms with Gasteiger partial charge < -0.3 is 10.3 Å². The third-order valence-corrected chi connectivity index (χ3v) is 4.15. The highest BCUT2D eigenvalue weighted by Gasteiger charge is 2.14. The Kier molecular flexibility index (Phi) is 4.39. The van der Waals surface area contributed by atoms with Gasteiger partial charge in [0, 0.05) is 23.5 Å². The minimum Gasteiger partial charge on any atom is -0.382 e. The summed E-state index contributed by atoms with van der Waals surface area (Å²) in [6, 6.07) is 14.7. The van der Waals surface area contributed by atoms with E-state index in [1.165, 1.54) is 31.2 Å². The van der Waals surface area contributed by atoms with Crippen LogP contribution >= 0.6 is 0 Å². The largest absolute Gasteiger partial charge is 0.382 e. The number of aromatic amines is 1. The van der Waals surface area contributed by atoms with Gasteiger partial charge in [0.25, 0.3) is 0 Å². The van der Waals surface area contributed by atoms with Crippen molar-refractivity contribution in [2.75, 3.05) is 5.32 Å². The summed E-state index contributed by atoms with van der Waals surface area (Å²) in [7, 11) is 0. The summed E-state index contributed by atoms with van der Waals surface area (Å²) in [4.78, 5) is 14.7. The van der Waals surface area contributed by atoms with E-state index in [0.717, 1.165) is 24.2 Å². The lowest BCUT2D eigenvalue weighted by Gasteiger charge is -2.14.